The fourth-order valence-electron chi connectivity index (χ4n) is 2.96. The Morgan fingerprint density at radius 3 is 2.77 bits per heavy atom. The molecule has 3 heterocycles. The van der Waals surface area contributed by atoms with Gasteiger partial charge in [0.2, 0.25) is 0 Å². The Kier molecular flexibility index (Phi) is 4.41. The van der Waals surface area contributed by atoms with Gasteiger partial charge in [-0.3, -0.25) is 0 Å². The van der Waals surface area contributed by atoms with E-state index in [1.54, 1.807) is 21.8 Å². The minimum Gasteiger partial charge on any atom is -0.486 e. The highest BCUT2D eigenvalue weighted by molar-refractivity contribution is 7.91. The molecular formula is C16H18N6O3S. The van der Waals surface area contributed by atoms with Gasteiger partial charge in [0, 0.05) is 6.20 Å². The zero-order chi connectivity index (χ0) is 18.0. The number of sulfone groups is 1. The Labute approximate surface area is 150 Å². The molecule has 1 atom stereocenters. The molecule has 1 aliphatic rings. The average molecular weight is 374 g/mol. The van der Waals surface area contributed by atoms with E-state index < -0.39 is 9.84 Å². The minimum atomic E-state index is -3.02. The zero-order valence-electron chi connectivity index (χ0n) is 14.0. The lowest BCUT2D eigenvalue weighted by atomic mass is 10.3. The molecule has 9 nitrogen and oxygen atoms in total. The highest BCUT2D eigenvalue weighted by Crippen LogP contribution is 2.24. The number of ether oxygens (including phenoxy) is 1. The third-order valence-corrected chi connectivity index (χ3v) is 5.94. The highest BCUT2D eigenvalue weighted by atomic mass is 32.2. The van der Waals surface area contributed by atoms with Crippen molar-refractivity contribution >= 4 is 9.84 Å². The predicted octanol–water partition coefficient (Wildman–Crippen LogP) is 0.856. The van der Waals surface area contributed by atoms with Crippen LogP contribution in [0.15, 0.2) is 42.7 Å². The van der Waals surface area contributed by atoms with E-state index in [4.69, 9.17) is 4.74 Å². The molecule has 0 radical (unpaired) electrons. The number of para-hydroxylation sites is 1. The van der Waals surface area contributed by atoms with E-state index in [1.807, 2.05) is 30.3 Å². The van der Waals surface area contributed by atoms with Gasteiger partial charge in [0.05, 0.1) is 23.7 Å². The van der Waals surface area contributed by atoms with Crippen molar-refractivity contribution in [3.05, 3.63) is 54.4 Å². The highest BCUT2D eigenvalue weighted by Gasteiger charge is 2.32. The lowest BCUT2D eigenvalue weighted by Crippen LogP contribution is -2.17. The van der Waals surface area contributed by atoms with Crippen molar-refractivity contribution in [3.8, 4) is 5.75 Å². The van der Waals surface area contributed by atoms with Crippen LogP contribution in [0.4, 0.5) is 0 Å². The fraction of sp³-hybridized carbons (Fsp3) is 0.375. The van der Waals surface area contributed by atoms with Crippen molar-refractivity contribution in [2.24, 2.45) is 0 Å². The van der Waals surface area contributed by atoms with Crippen LogP contribution in [0, 0.1) is 0 Å². The zero-order valence-corrected chi connectivity index (χ0v) is 14.8. The smallest absolute Gasteiger partial charge is 0.188 e. The molecular weight excluding hydrogens is 356 g/mol. The van der Waals surface area contributed by atoms with Gasteiger partial charge in [0.1, 0.15) is 24.7 Å². The van der Waals surface area contributed by atoms with Gasteiger partial charge < -0.3 is 4.74 Å². The van der Waals surface area contributed by atoms with Gasteiger partial charge in [-0.15, -0.1) is 5.10 Å². The predicted molar refractivity (Wildman–Crippen MR) is 92.2 cm³/mol. The molecule has 10 heteroatoms. The van der Waals surface area contributed by atoms with Crippen molar-refractivity contribution < 1.29 is 13.2 Å². The summed E-state index contributed by atoms with van der Waals surface area (Å²) in [5, 5.41) is 12.2. The maximum absolute atomic E-state index is 11.8. The molecule has 0 aliphatic carbocycles. The second-order valence-corrected chi connectivity index (χ2v) is 8.38. The van der Waals surface area contributed by atoms with Crippen molar-refractivity contribution in [2.75, 3.05) is 11.5 Å². The van der Waals surface area contributed by atoms with Crippen LogP contribution in [0.2, 0.25) is 0 Å². The van der Waals surface area contributed by atoms with Crippen molar-refractivity contribution in [1.82, 2.24) is 29.8 Å². The number of hydrogen-bond acceptors (Lipinski definition) is 7. The third kappa shape index (κ3) is 3.74. The fourth-order valence-corrected chi connectivity index (χ4v) is 4.65. The maximum atomic E-state index is 11.8. The van der Waals surface area contributed by atoms with Gasteiger partial charge in [0.15, 0.2) is 15.7 Å². The summed E-state index contributed by atoms with van der Waals surface area (Å²) < 4.78 is 32.7. The van der Waals surface area contributed by atoms with Crippen LogP contribution in [-0.4, -0.2) is 49.7 Å². The van der Waals surface area contributed by atoms with Gasteiger partial charge in [0.25, 0.3) is 0 Å². The van der Waals surface area contributed by atoms with Crippen molar-refractivity contribution in [1.29, 1.82) is 0 Å². The number of hydrogen-bond donors (Lipinski definition) is 0. The summed E-state index contributed by atoms with van der Waals surface area (Å²) in [4.78, 5) is 4.54. The molecule has 0 N–H and O–H groups in total. The molecule has 1 saturated heterocycles. The Hall–Kier alpha value is -2.75. The Bertz CT molecular complexity index is 969. The molecule has 0 bridgehead atoms. The van der Waals surface area contributed by atoms with Gasteiger partial charge >= 0.3 is 0 Å². The topological polar surface area (TPSA) is 105 Å². The second kappa shape index (κ2) is 6.87. The van der Waals surface area contributed by atoms with Crippen LogP contribution in [0.25, 0.3) is 0 Å². The first-order valence-electron chi connectivity index (χ1n) is 8.26. The van der Waals surface area contributed by atoms with E-state index in [2.05, 4.69) is 20.4 Å². The normalized spacial score (nSPS) is 18.8. The van der Waals surface area contributed by atoms with E-state index in [9.17, 15) is 8.42 Å². The summed E-state index contributed by atoms with van der Waals surface area (Å²) in [6.07, 6.45) is 3.85. The summed E-state index contributed by atoms with van der Waals surface area (Å²) >= 11 is 0. The number of benzene rings is 1. The monoisotopic (exact) mass is 374 g/mol. The summed E-state index contributed by atoms with van der Waals surface area (Å²) in [6.45, 7) is 0.579. The average Bonchev–Trinajstić information content (AvgIpc) is 3.35. The molecule has 3 aromatic rings. The first kappa shape index (κ1) is 16.7. The van der Waals surface area contributed by atoms with Crippen LogP contribution < -0.4 is 4.74 Å². The van der Waals surface area contributed by atoms with E-state index in [0.717, 1.165) is 5.75 Å². The van der Waals surface area contributed by atoms with Crippen LogP contribution in [0.5, 0.6) is 5.75 Å². The molecule has 0 unspecified atom stereocenters. The largest absolute Gasteiger partial charge is 0.486 e. The standard InChI is InChI=1S/C16H18N6O3S/c23-26(24)9-6-13(12-26)22-16(10-21-8-7-17-20-21)18-15(19-22)11-25-14-4-2-1-3-5-14/h1-5,7-8,13H,6,9-12H2/t13-/m0/s1. The Morgan fingerprint density at radius 2 is 2.08 bits per heavy atom. The first-order chi connectivity index (χ1) is 12.6. The minimum absolute atomic E-state index is 0.0830. The molecule has 0 spiro atoms. The molecule has 1 aliphatic heterocycles. The van der Waals surface area contributed by atoms with Crippen molar-refractivity contribution in [2.45, 2.75) is 25.6 Å². The molecule has 136 valence electrons. The molecule has 0 saturated carbocycles. The van der Waals surface area contributed by atoms with Gasteiger partial charge in [-0.2, -0.15) is 5.10 Å². The Morgan fingerprint density at radius 1 is 1.23 bits per heavy atom. The third-order valence-electron chi connectivity index (χ3n) is 4.19. The number of rotatable bonds is 6. The SMILES string of the molecule is O=S1(=O)CC[C@H](n2nc(COc3ccccc3)nc2Cn2ccnn2)C1. The molecule has 4 rings (SSSR count). The molecule has 1 fully saturated rings. The molecule has 26 heavy (non-hydrogen) atoms. The maximum Gasteiger partial charge on any atom is 0.188 e. The Balaban J connectivity index is 1.57. The molecule has 1 aromatic carbocycles. The first-order valence-corrected chi connectivity index (χ1v) is 10.1. The van der Waals surface area contributed by atoms with Crippen molar-refractivity contribution in [3.63, 3.8) is 0 Å². The summed E-state index contributed by atoms with van der Waals surface area (Å²) in [7, 11) is -3.02. The van der Waals surface area contributed by atoms with E-state index in [0.29, 0.717) is 24.6 Å². The van der Waals surface area contributed by atoms with E-state index >= 15 is 0 Å². The van der Waals surface area contributed by atoms with Gasteiger partial charge in [-0.25, -0.2) is 22.8 Å². The summed E-state index contributed by atoms with van der Waals surface area (Å²) in [5.74, 6) is 2.14. The van der Waals surface area contributed by atoms with Crippen LogP contribution in [-0.2, 0) is 23.0 Å². The summed E-state index contributed by atoms with van der Waals surface area (Å²) in [6, 6.07) is 9.20. The number of aromatic nitrogens is 6. The lowest BCUT2D eigenvalue weighted by molar-refractivity contribution is 0.294. The number of nitrogens with zero attached hydrogens (tertiary/aromatic N) is 6. The van der Waals surface area contributed by atoms with Gasteiger partial charge in [-0.05, 0) is 18.6 Å². The van der Waals surface area contributed by atoms with E-state index in [-0.39, 0.29) is 24.2 Å². The second-order valence-electron chi connectivity index (χ2n) is 6.15. The summed E-state index contributed by atoms with van der Waals surface area (Å²) in [5.41, 5.74) is 0. The van der Waals surface area contributed by atoms with Crippen LogP contribution in [0.1, 0.15) is 24.1 Å². The van der Waals surface area contributed by atoms with E-state index in [1.165, 1.54) is 0 Å². The lowest BCUT2D eigenvalue weighted by Gasteiger charge is -2.11. The van der Waals surface area contributed by atoms with Crippen LogP contribution in [0.3, 0.4) is 0 Å². The van der Waals surface area contributed by atoms with Crippen LogP contribution >= 0.6 is 0 Å². The molecule has 2 aromatic heterocycles. The van der Waals surface area contributed by atoms with Gasteiger partial charge in [-0.1, -0.05) is 23.4 Å². The molecule has 0 amide bonds. The quantitative estimate of drug-likeness (QED) is 0.630.